The molecular weight excluding hydrogens is 178 g/mol. The highest BCUT2D eigenvalue weighted by molar-refractivity contribution is 5.78. The van der Waals surface area contributed by atoms with Crippen LogP contribution in [0.5, 0.6) is 0 Å². The van der Waals surface area contributed by atoms with E-state index < -0.39 is 0 Å². The van der Waals surface area contributed by atoms with Crippen molar-refractivity contribution >= 4 is 5.91 Å². The summed E-state index contributed by atoms with van der Waals surface area (Å²) in [5, 5.41) is 3.00. The minimum atomic E-state index is 0.185. The summed E-state index contributed by atoms with van der Waals surface area (Å²) in [5.74, 6) is 0.786. The van der Waals surface area contributed by atoms with Gasteiger partial charge in [0, 0.05) is 12.6 Å². The van der Waals surface area contributed by atoms with Crippen LogP contribution < -0.4 is 11.1 Å². The van der Waals surface area contributed by atoms with Crippen LogP contribution in [0, 0.1) is 5.92 Å². The summed E-state index contributed by atoms with van der Waals surface area (Å²) in [6, 6.07) is 0.482. The van der Waals surface area contributed by atoms with E-state index in [2.05, 4.69) is 10.2 Å². The van der Waals surface area contributed by atoms with E-state index in [9.17, 15) is 4.79 Å². The van der Waals surface area contributed by atoms with Crippen molar-refractivity contribution in [3.05, 3.63) is 0 Å². The smallest absolute Gasteiger partial charge is 0.234 e. The van der Waals surface area contributed by atoms with Crippen molar-refractivity contribution in [3.63, 3.8) is 0 Å². The summed E-state index contributed by atoms with van der Waals surface area (Å²) >= 11 is 0. The molecule has 14 heavy (non-hydrogen) atoms. The Morgan fingerprint density at radius 1 is 1.43 bits per heavy atom. The van der Waals surface area contributed by atoms with Crippen molar-refractivity contribution in [1.82, 2.24) is 10.2 Å². The number of carbonyl (C=O) groups is 1. The Morgan fingerprint density at radius 2 is 2.21 bits per heavy atom. The minimum absolute atomic E-state index is 0.185. The minimum Gasteiger partial charge on any atom is -0.352 e. The van der Waals surface area contributed by atoms with Gasteiger partial charge in [-0.3, -0.25) is 9.69 Å². The van der Waals surface area contributed by atoms with Gasteiger partial charge in [-0.1, -0.05) is 0 Å². The van der Waals surface area contributed by atoms with Crippen LogP contribution in [0.15, 0.2) is 0 Å². The summed E-state index contributed by atoms with van der Waals surface area (Å²) in [4.78, 5) is 13.7. The van der Waals surface area contributed by atoms with Crippen LogP contribution in [0.25, 0.3) is 0 Å². The molecule has 3 N–H and O–H groups in total. The highest BCUT2D eigenvalue weighted by atomic mass is 16.2. The molecule has 4 nitrogen and oxygen atoms in total. The maximum Gasteiger partial charge on any atom is 0.234 e. The Bertz CT molecular complexity index is 215. The molecule has 0 radical (unpaired) electrons. The molecule has 1 atom stereocenters. The Morgan fingerprint density at radius 3 is 2.79 bits per heavy atom. The quantitative estimate of drug-likeness (QED) is 0.641. The molecule has 1 saturated carbocycles. The molecule has 2 aliphatic rings. The number of nitrogens with zero attached hydrogens (tertiary/aromatic N) is 1. The topological polar surface area (TPSA) is 58.4 Å². The lowest BCUT2D eigenvalue weighted by Gasteiger charge is -2.14. The average molecular weight is 197 g/mol. The first-order valence-electron chi connectivity index (χ1n) is 5.49. The Kier molecular flexibility index (Phi) is 3.03. The van der Waals surface area contributed by atoms with Crippen LogP contribution in [0.3, 0.4) is 0 Å². The van der Waals surface area contributed by atoms with E-state index in [1.807, 2.05) is 0 Å². The molecule has 2 rings (SSSR count). The number of amides is 1. The first-order chi connectivity index (χ1) is 6.78. The predicted octanol–water partition coefficient (Wildman–Crippen LogP) is -0.454. The lowest BCUT2D eigenvalue weighted by Crippen LogP contribution is -2.37. The second-order valence-corrected chi connectivity index (χ2v) is 4.47. The van der Waals surface area contributed by atoms with E-state index in [4.69, 9.17) is 5.73 Å². The summed E-state index contributed by atoms with van der Waals surface area (Å²) in [6.07, 6.45) is 3.47. The molecule has 0 spiro atoms. The standard InChI is InChI=1S/C10H19N3O/c11-5-8-3-4-13(6-8)7-10(14)12-9-1-2-9/h8-9H,1-7,11H2,(H,12,14). The second kappa shape index (κ2) is 4.28. The van der Waals surface area contributed by atoms with Gasteiger partial charge >= 0.3 is 0 Å². The van der Waals surface area contributed by atoms with Crippen LogP contribution >= 0.6 is 0 Å². The maximum atomic E-state index is 11.5. The zero-order valence-electron chi connectivity index (χ0n) is 8.54. The number of hydrogen-bond acceptors (Lipinski definition) is 3. The summed E-state index contributed by atoms with van der Waals surface area (Å²) in [7, 11) is 0. The number of rotatable bonds is 4. The summed E-state index contributed by atoms with van der Waals surface area (Å²) in [5.41, 5.74) is 5.59. The largest absolute Gasteiger partial charge is 0.352 e. The Labute approximate surface area is 84.8 Å². The molecule has 1 aliphatic heterocycles. The Balaban J connectivity index is 1.66. The number of nitrogens with one attached hydrogen (secondary N) is 1. The molecule has 0 bridgehead atoms. The van der Waals surface area contributed by atoms with Crippen LogP contribution in [0.1, 0.15) is 19.3 Å². The summed E-state index contributed by atoms with van der Waals surface area (Å²) in [6.45, 7) is 3.34. The second-order valence-electron chi connectivity index (χ2n) is 4.47. The predicted molar refractivity (Wildman–Crippen MR) is 54.8 cm³/mol. The number of nitrogens with two attached hydrogens (primary N) is 1. The molecule has 1 unspecified atom stereocenters. The van der Waals surface area contributed by atoms with E-state index >= 15 is 0 Å². The highest BCUT2D eigenvalue weighted by Crippen LogP contribution is 2.19. The molecule has 1 saturated heterocycles. The van der Waals surface area contributed by atoms with Gasteiger partial charge in [-0.05, 0) is 38.3 Å². The fraction of sp³-hybridized carbons (Fsp3) is 0.900. The zero-order chi connectivity index (χ0) is 9.97. The third kappa shape index (κ3) is 2.69. The Hall–Kier alpha value is -0.610. The zero-order valence-corrected chi connectivity index (χ0v) is 8.54. The molecule has 4 heteroatoms. The molecule has 0 aromatic rings. The van der Waals surface area contributed by atoms with Gasteiger partial charge in [0.15, 0.2) is 0 Å². The molecular formula is C10H19N3O. The van der Waals surface area contributed by atoms with Crippen molar-refractivity contribution in [2.75, 3.05) is 26.2 Å². The van der Waals surface area contributed by atoms with Crippen LogP contribution in [-0.4, -0.2) is 43.0 Å². The van der Waals surface area contributed by atoms with Gasteiger partial charge in [-0.2, -0.15) is 0 Å². The first-order valence-corrected chi connectivity index (χ1v) is 5.49. The molecule has 1 aliphatic carbocycles. The van der Waals surface area contributed by atoms with Gasteiger partial charge in [0.05, 0.1) is 6.54 Å². The van der Waals surface area contributed by atoms with E-state index in [-0.39, 0.29) is 5.91 Å². The van der Waals surface area contributed by atoms with Gasteiger partial charge in [0.1, 0.15) is 0 Å². The van der Waals surface area contributed by atoms with Gasteiger partial charge in [0.2, 0.25) is 5.91 Å². The van der Waals surface area contributed by atoms with Crippen molar-refractivity contribution in [3.8, 4) is 0 Å². The lowest BCUT2D eigenvalue weighted by molar-refractivity contribution is -0.122. The normalized spacial score (nSPS) is 27.9. The van der Waals surface area contributed by atoms with Gasteiger partial charge in [-0.15, -0.1) is 0 Å². The van der Waals surface area contributed by atoms with Crippen molar-refractivity contribution in [2.45, 2.75) is 25.3 Å². The fourth-order valence-electron chi connectivity index (χ4n) is 1.95. The maximum absolute atomic E-state index is 11.5. The van der Waals surface area contributed by atoms with Crippen molar-refractivity contribution < 1.29 is 4.79 Å². The monoisotopic (exact) mass is 197 g/mol. The fourth-order valence-corrected chi connectivity index (χ4v) is 1.95. The first kappa shape index (κ1) is 9.93. The average Bonchev–Trinajstić information content (AvgIpc) is 2.83. The molecule has 0 aromatic heterocycles. The van der Waals surface area contributed by atoms with Crippen LogP contribution in [0.4, 0.5) is 0 Å². The highest BCUT2D eigenvalue weighted by Gasteiger charge is 2.26. The van der Waals surface area contributed by atoms with Gasteiger partial charge in [0.25, 0.3) is 0 Å². The summed E-state index contributed by atoms with van der Waals surface area (Å²) < 4.78 is 0. The molecule has 0 aromatic carbocycles. The third-order valence-electron chi connectivity index (χ3n) is 3.01. The SMILES string of the molecule is NCC1CCN(CC(=O)NC2CC2)C1. The van der Waals surface area contributed by atoms with E-state index in [0.29, 0.717) is 18.5 Å². The molecule has 2 fully saturated rings. The number of hydrogen-bond donors (Lipinski definition) is 2. The van der Waals surface area contributed by atoms with Crippen molar-refractivity contribution in [1.29, 1.82) is 0 Å². The molecule has 1 heterocycles. The van der Waals surface area contributed by atoms with Crippen LogP contribution in [0.2, 0.25) is 0 Å². The number of carbonyl (C=O) groups excluding carboxylic acids is 1. The molecule has 1 amide bonds. The van der Waals surface area contributed by atoms with Crippen LogP contribution in [-0.2, 0) is 4.79 Å². The van der Waals surface area contributed by atoms with Gasteiger partial charge in [-0.25, -0.2) is 0 Å². The lowest BCUT2D eigenvalue weighted by atomic mass is 10.1. The van der Waals surface area contributed by atoms with Gasteiger partial charge < -0.3 is 11.1 Å². The number of likely N-dealkylation sites (tertiary alicyclic amines) is 1. The van der Waals surface area contributed by atoms with E-state index in [1.165, 1.54) is 0 Å². The van der Waals surface area contributed by atoms with E-state index in [0.717, 1.165) is 38.9 Å². The molecule has 80 valence electrons. The van der Waals surface area contributed by atoms with Crippen molar-refractivity contribution in [2.24, 2.45) is 11.7 Å². The van der Waals surface area contributed by atoms with E-state index in [1.54, 1.807) is 0 Å². The third-order valence-corrected chi connectivity index (χ3v) is 3.01.